The summed E-state index contributed by atoms with van der Waals surface area (Å²) in [6.07, 6.45) is 0. The predicted octanol–water partition coefficient (Wildman–Crippen LogP) is 9.81. The first-order valence-corrected chi connectivity index (χ1v) is 15.7. The van der Waals surface area contributed by atoms with E-state index in [1.165, 1.54) is 0 Å². The Hall–Kier alpha value is -6.34. The molecule has 48 heavy (non-hydrogen) atoms. The van der Waals surface area contributed by atoms with E-state index in [4.69, 9.17) is 14.2 Å². The molecule has 1 heterocycles. The minimum atomic E-state index is -0.569. The molecule has 1 atom stereocenters. The maximum Gasteiger partial charge on any atom is 0.145 e. The van der Waals surface area contributed by atoms with Gasteiger partial charge in [-0.3, -0.25) is 0 Å². The Kier molecular flexibility index (Phi) is 8.33. The third-order valence-electron chi connectivity index (χ3n) is 8.70. The third-order valence-corrected chi connectivity index (χ3v) is 8.70. The van der Waals surface area contributed by atoms with Crippen LogP contribution in [0.3, 0.4) is 0 Å². The van der Waals surface area contributed by atoms with E-state index in [1.54, 1.807) is 24.3 Å². The van der Waals surface area contributed by atoms with Crippen molar-refractivity contribution in [1.82, 2.24) is 5.32 Å². The van der Waals surface area contributed by atoms with Gasteiger partial charge in [0.05, 0.1) is 11.1 Å². The molecule has 0 aliphatic carbocycles. The van der Waals surface area contributed by atoms with E-state index in [0.29, 0.717) is 40.2 Å². The molecule has 0 radical (unpaired) electrons. The standard InChI is InChI=1S/C42H31N3O3/c1-42(31-14-20-34(21-15-31)46-39-11-5-2-8-29(39)26-43,32-16-22-35(23-17-32)47-40-12-6-3-9-30(40)27-44)33-18-24-36(25-19-33)48-41-13-7-4-10-37(41)38-28-45-38/h2-25,38,45H,28H2,1H3. The van der Waals surface area contributed by atoms with Gasteiger partial charge in [0.1, 0.15) is 46.6 Å². The monoisotopic (exact) mass is 625 g/mol. The van der Waals surface area contributed by atoms with Crippen LogP contribution in [0.15, 0.2) is 146 Å². The number of hydrogen-bond donors (Lipinski definition) is 1. The molecule has 1 saturated heterocycles. The fourth-order valence-electron chi connectivity index (χ4n) is 5.89. The highest BCUT2D eigenvalue weighted by Gasteiger charge is 2.32. The molecule has 0 aromatic heterocycles. The van der Waals surface area contributed by atoms with Gasteiger partial charge < -0.3 is 19.5 Å². The molecule has 232 valence electrons. The quantitative estimate of drug-likeness (QED) is 0.120. The van der Waals surface area contributed by atoms with E-state index in [0.717, 1.165) is 40.3 Å². The molecule has 6 heteroatoms. The highest BCUT2D eigenvalue weighted by Crippen LogP contribution is 2.42. The first-order valence-electron chi connectivity index (χ1n) is 15.7. The number of nitrogens with zero attached hydrogens (tertiary/aromatic N) is 2. The molecule has 1 N–H and O–H groups in total. The second-order valence-electron chi connectivity index (χ2n) is 11.7. The van der Waals surface area contributed by atoms with Crippen LogP contribution in [-0.4, -0.2) is 6.54 Å². The van der Waals surface area contributed by atoms with E-state index >= 15 is 0 Å². The normalized spacial score (nSPS) is 13.5. The molecule has 6 aromatic rings. The average Bonchev–Trinajstić information content (AvgIpc) is 3.99. The Morgan fingerprint density at radius 3 is 1.27 bits per heavy atom. The molecular formula is C42H31N3O3. The smallest absolute Gasteiger partial charge is 0.145 e. The second-order valence-corrected chi connectivity index (χ2v) is 11.7. The van der Waals surface area contributed by atoms with Crippen molar-refractivity contribution < 1.29 is 14.2 Å². The molecule has 0 spiro atoms. The van der Waals surface area contributed by atoms with Crippen LogP contribution in [0.25, 0.3) is 0 Å². The second kappa shape index (κ2) is 13.2. The molecule has 1 unspecified atom stereocenters. The van der Waals surface area contributed by atoms with Crippen molar-refractivity contribution in [2.75, 3.05) is 6.54 Å². The number of nitriles is 2. The summed E-state index contributed by atoms with van der Waals surface area (Å²) in [5, 5.41) is 22.4. The first kappa shape index (κ1) is 30.3. The van der Waals surface area contributed by atoms with Crippen molar-refractivity contribution in [3.63, 3.8) is 0 Å². The zero-order chi connectivity index (χ0) is 32.9. The van der Waals surface area contributed by atoms with Gasteiger partial charge in [-0.2, -0.15) is 10.5 Å². The summed E-state index contributed by atoms with van der Waals surface area (Å²) >= 11 is 0. The summed E-state index contributed by atoms with van der Waals surface area (Å²) in [5.74, 6) is 3.91. The number of rotatable bonds is 10. The number of nitrogens with one attached hydrogen (secondary N) is 1. The van der Waals surface area contributed by atoms with E-state index < -0.39 is 5.41 Å². The zero-order valence-corrected chi connectivity index (χ0v) is 26.3. The van der Waals surface area contributed by atoms with Gasteiger partial charge in [-0.15, -0.1) is 0 Å². The Bertz CT molecular complexity index is 2040. The van der Waals surface area contributed by atoms with Gasteiger partial charge in [-0.05, 0) is 90.3 Å². The molecule has 1 fully saturated rings. The lowest BCUT2D eigenvalue weighted by Crippen LogP contribution is -2.25. The van der Waals surface area contributed by atoms with Crippen LogP contribution in [0.2, 0.25) is 0 Å². The fourth-order valence-corrected chi connectivity index (χ4v) is 5.89. The summed E-state index contributed by atoms with van der Waals surface area (Å²) in [7, 11) is 0. The lowest BCUT2D eigenvalue weighted by Gasteiger charge is -2.32. The topological polar surface area (TPSA) is 97.2 Å². The van der Waals surface area contributed by atoms with Crippen molar-refractivity contribution in [2.45, 2.75) is 18.4 Å². The summed E-state index contributed by atoms with van der Waals surface area (Å²) in [6.45, 7) is 3.15. The molecule has 1 aliphatic rings. The van der Waals surface area contributed by atoms with Gasteiger partial charge in [0.15, 0.2) is 0 Å². The van der Waals surface area contributed by atoms with Crippen LogP contribution < -0.4 is 19.5 Å². The third kappa shape index (κ3) is 6.22. The van der Waals surface area contributed by atoms with Crippen molar-refractivity contribution in [3.8, 4) is 46.6 Å². The lowest BCUT2D eigenvalue weighted by molar-refractivity contribution is 0.475. The molecule has 0 bridgehead atoms. The van der Waals surface area contributed by atoms with Gasteiger partial charge in [-0.1, -0.05) is 78.9 Å². The molecule has 0 saturated carbocycles. The maximum atomic E-state index is 9.51. The minimum Gasteiger partial charge on any atom is -0.457 e. The zero-order valence-electron chi connectivity index (χ0n) is 26.3. The minimum absolute atomic E-state index is 0.337. The highest BCUT2D eigenvalue weighted by atomic mass is 16.5. The van der Waals surface area contributed by atoms with E-state index in [1.807, 2.05) is 78.9 Å². The van der Waals surface area contributed by atoms with Gasteiger partial charge in [0.2, 0.25) is 0 Å². The summed E-state index contributed by atoms with van der Waals surface area (Å²) in [4.78, 5) is 0. The largest absolute Gasteiger partial charge is 0.457 e. The first-order chi connectivity index (χ1) is 23.5. The number of benzene rings is 6. The van der Waals surface area contributed by atoms with Gasteiger partial charge in [0.25, 0.3) is 0 Å². The predicted molar refractivity (Wildman–Crippen MR) is 185 cm³/mol. The molecule has 1 aliphatic heterocycles. The van der Waals surface area contributed by atoms with Gasteiger partial charge >= 0.3 is 0 Å². The van der Waals surface area contributed by atoms with Gasteiger partial charge in [0, 0.05) is 23.6 Å². The van der Waals surface area contributed by atoms with E-state index in [9.17, 15) is 10.5 Å². The highest BCUT2D eigenvalue weighted by molar-refractivity contribution is 5.54. The fraction of sp³-hybridized carbons (Fsp3) is 0.0952. The summed E-state index contributed by atoms with van der Waals surface area (Å²) in [6, 6.07) is 51.4. The molecule has 6 aromatic carbocycles. The Morgan fingerprint density at radius 1 is 0.521 bits per heavy atom. The van der Waals surface area contributed by atoms with Crippen LogP contribution in [0.4, 0.5) is 0 Å². The van der Waals surface area contributed by atoms with Crippen LogP contribution >= 0.6 is 0 Å². The van der Waals surface area contributed by atoms with Crippen LogP contribution in [0.5, 0.6) is 34.5 Å². The average molecular weight is 626 g/mol. The van der Waals surface area contributed by atoms with Crippen LogP contribution in [0.1, 0.15) is 46.3 Å². The van der Waals surface area contributed by atoms with Crippen molar-refractivity contribution in [1.29, 1.82) is 10.5 Å². The molecule has 6 nitrogen and oxygen atoms in total. The summed E-state index contributed by atoms with van der Waals surface area (Å²) in [5.41, 5.74) is 4.70. The van der Waals surface area contributed by atoms with Gasteiger partial charge in [-0.25, -0.2) is 0 Å². The van der Waals surface area contributed by atoms with E-state index in [-0.39, 0.29) is 0 Å². The molecule has 0 amide bonds. The van der Waals surface area contributed by atoms with Crippen molar-refractivity contribution in [2.24, 2.45) is 0 Å². The van der Waals surface area contributed by atoms with E-state index in [2.05, 4.69) is 66.8 Å². The Labute approximate surface area is 280 Å². The SMILES string of the molecule is CC(c1ccc(Oc2ccccc2C#N)cc1)(c1ccc(Oc2ccccc2C#N)cc1)c1ccc(Oc2ccccc2C2CN2)cc1. The van der Waals surface area contributed by atoms with Crippen molar-refractivity contribution in [3.05, 3.63) is 179 Å². The number of ether oxygens (including phenoxy) is 3. The summed E-state index contributed by atoms with van der Waals surface area (Å²) < 4.78 is 18.5. The Morgan fingerprint density at radius 2 is 0.875 bits per heavy atom. The Balaban J connectivity index is 1.22. The molecule has 7 rings (SSSR count). The number of para-hydroxylation sites is 3. The van der Waals surface area contributed by atoms with Crippen LogP contribution in [0, 0.1) is 22.7 Å². The molecular weight excluding hydrogens is 594 g/mol. The van der Waals surface area contributed by atoms with Crippen LogP contribution in [-0.2, 0) is 5.41 Å². The number of hydrogen-bond acceptors (Lipinski definition) is 6. The van der Waals surface area contributed by atoms with Crippen molar-refractivity contribution >= 4 is 0 Å². The lowest BCUT2D eigenvalue weighted by atomic mass is 9.71. The maximum absolute atomic E-state index is 9.51.